The van der Waals surface area contributed by atoms with Crippen molar-refractivity contribution in [1.29, 1.82) is 0 Å². The van der Waals surface area contributed by atoms with Gasteiger partial charge in [0, 0.05) is 13.1 Å². The minimum atomic E-state index is -0.101. The Hall–Kier alpha value is -2.63. The molecule has 1 heterocycles. The van der Waals surface area contributed by atoms with Crippen LogP contribution in [0, 0.1) is 5.92 Å². The summed E-state index contributed by atoms with van der Waals surface area (Å²) < 4.78 is 1.78. The van der Waals surface area contributed by atoms with Crippen LogP contribution < -0.4 is 10.6 Å². The highest BCUT2D eigenvalue weighted by Gasteiger charge is 2.10. The van der Waals surface area contributed by atoms with Crippen molar-refractivity contribution in [2.24, 2.45) is 5.92 Å². The topological polar surface area (TPSA) is 71.8 Å². The standard InChI is InChI=1S/C18H23N5O/c24-18(20-10-15-4-2-1-3-5-15)21-11-16-6-8-17(9-7-16)12-23-14-19-13-22-23/h1-2,6-9,13-15H,3-5,10-12H2,(H2,20,21,24)/t15-/m0/s1. The predicted molar refractivity (Wildman–Crippen MR) is 92.3 cm³/mol. The first-order valence-corrected chi connectivity index (χ1v) is 8.36. The molecular weight excluding hydrogens is 302 g/mol. The first kappa shape index (κ1) is 16.2. The van der Waals surface area contributed by atoms with Gasteiger partial charge in [0.2, 0.25) is 0 Å². The van der Waals surface area contributed by atoms with Gasteiger partial charge >= 0.3 is 6.03 Å². The van der Waals surface area contributed by atoms with E-state index < -0.39 is 0 Å². The number of amides is 2. The van der Waals surface area contributed by atoms with Crippen LogP contribution in [0.15, 0.2) is 49.1 Å². The van der Waals surface area contributed by atoms with E-state index in [4.69, 9.17) is 0 Å². The van der Waals surface area contributed by atoms with Crippen LogP contribution in [0.3, 0.4) is 0 Å². The lowest BCUT2D eigenvalue weighted by molar-refractivity contribution is 0.238. The zero-order valence-corrected chi connectivity index (χ0v) is 13.7. The Morgan fingerprint density at radius 3 is 2.71 bits per heavy atom. The summed E-state index contributed by atoms with van der Waals surface area (Å²) in [6.45, 7) is 1.97. The Morgan fingerprint density at radius 1 is 1.17 bits per heavy atom. The summed E-state index contributed by atoms with van der Waals surface area (Å²) in [5.41, 5.74) is 2.23. The highest BCUT2D eigenvalue weighted by atomic mass is 16.2. The summed E-state index contributed by atoms with van der Waals surface area (Å²) in [5.74, 6) is 0.566. The van der Waals surface area contributed by atoms with Crippen molar-refractivity contribution < 1.29 is 4.79 Å². The van der Waals surface area contributed by atoms with E-state index in [0.29, 0.717) is 19.0 Å². The molecule has 3 rings (SSSR count). The average molecular weight is 325 g/mol. The number of rotatable bonds is 6. The molecule has 6 heteroatoms. The Labute approximate surface area is 142 Å². The average Bonchev–Trinajstić information content (AvgIpc) is 3.13. The number of hydrogen-bond acceptors (Lipinski definition) is 3. The third-order valence-electron chi connectivity index (χ3n) is 4.22. The van der Waals surface area contributed by atoms with Crippen molar-refractivity contribution >= 4 is 6.03 Å². The van der Waals surface area contributed by atoms with Gasteiger partial charge in [0.25, 0.3) is 0 Å². The number of carbonyl (C=O) groups is 1. The maximum Gasteiger partial charge on any atom is 0.315 e. The van der Waals surface area contributed by atoms with Crippen LogP contribution >= 0.6 is 0 Å². The lowest BCUT2D eigenvalue weighted by Gasteiger charge is -2.18. The zero-order chi connectivity index (χ0) is 16.6. The highest BCUT2D eigenvalue weighted by molar-refractivity contribution is 5.73. The Morgan fingerprint density at radius 2 is 2.00 bits per heavy atom. The minimum absolute atomic E-state index is 0.101. The van der Waals surface area contributed by atoms with E-state index >= 15 is 0 Å². The monoisotopic (exact) mass is 325 g/mol. The molecule has 0 fully saturated rings. The van der Waals surface area contributed by atoms with Gasteiger partial charge in [-0.25, -0.2) is 14.5 Å². The first-order valence-electron chi connectivity index (χ1n) is 8.36. The van der Waals surface area contributed by atoms with Crippen LogP contribution in [-0.4, -0.2) is 27.3 Å². The lowest BCUT2D eigenvalue weighted by Crippen LogP contribution is -2.38. The normalized spacial score (nSPS) is 16.8. The number of benzene rings is 1. The molecule has 0 radical (unpaired) electrons. The second-order valence-corrected chi connectivity index (χ2v) is 6.12. The summed E-state index contributed by atoms with van der Waals surface area (Å²) >= 11 is 0. The second kappa shape index (κ2) is 8.29. The quantitative estimate of drug-likeness (QED) is 0.802. The van der Waals surface area contributed by atoms with Gasteiger partial charge in [0.1, 0.15) is 12.7 Å². The van der Waals surface area contributed by atoms with Gasteiger partial charge in [0.05, 0.1) is 6.54 Å². The molecule has 2 aromatic rings. The van der Waals surface area contributed by atoms with Crippen LogP contribution in [0.25, 0.3) is 0 Å². The van der Waals surface area contributed by atoms with E-state index in [1.807, 2.05) is 24.3 Å². The minimum Gasteiger partial charge on any atom is -0.338 e. The second-order valence-electron chi connectivity index (χ2n) is 6.12. The van der Waals surface area contributed by atoms with Crippen molar-refractivity contribution in [2.75, 3.05) is 6.54 Å². The molecule has 1 aromatic carbocycles. The molecule has 24 heavy (non-hydrogen) atoms. The number of allylic oxidation sites excluding steroid dienone is 2. The van der Waals surface area contributed by atoms with Gasteiger partial charge in [-0.3, -0.25) is 0 Å². The van der Waals surface area contributed by atoms with Crippen molar-refractivity contribution in [2.45, 2.75) is 32.4 Å². The molecule has 0 saturated heterocycles. The molecule has 1 aliphatic rings. The van der Waals surface area contributed by atoms with E-state index in [2.05, 4.69) is 32.9 Å². The van der Waals surface area contributed by atoms with Crippen LogP contribution in [0.2, 0.25) is 0 Å². The summed E-state index contributed by atoms with van der Waals surface area (Å²) in [6.07, 6.45) is 11.0. The number of nitrogens with zero attached hydrogens (tertiary/aromatic N) is 3. The van der Waals surface area contributed by atoms with Crippen LogP contribution in [-0.2, 0) is 13.1 Å². The molecule has 2 amide bonds. The van der Waals surface area contributed by atoms with Crippen LogP contribution in [0.4, 0.5) is 4.79 Å². The van der Waals surface area contributed by atoms with E-state index in [1.54, 1.807) is 11.0 Å². The van der Waals surface area contributed by atoms with Gasteiger partial charge in [0.15, 0.2) is 0 Å². The van der Waals surface area contributed by atoms with Crippen molar-refractivity contribution in [1.82, 2.24) is 25.4 Å². The van der Waals surface area contributed by atoms with Gasteiger partial charge in [-0.1, -0.05) is 36.4 Å². The van der Waals surface area contributed by atoms with E-state index in [0.717, 1.165) is 36.9 Å². The predicted octanol–water partition coefficient (Wildman–Crippen LogP) is 2.48. The van der Waals surface area contributed by atoms with E-state index in [-0.39, 0.29) is 6.03 Å². The highest BCUT2D eigenvalue weighted by Crippen LogP contribution is 2.16. The number of aromatic nitrogens is 3. The van der Waals surface area contributed by atoms with Gasteiger partial charge in [-0.05, 0) is 36.3 Å². The molecule has 0 aliphatic heterocycles. The van der Waals surface area contributed by atoms with Gasteiger partial charge < -0.3 is 10.6 Å². The molecule has 0 saturated carbocycles. The third-order valence-corrected chi connectivity index (χ3v) is 4.22. The van der Waals surface area contributed by atoms with Gasteiger partial charge in [-0.2, -0.15) is 5.10 Å². The molecule has 2 N–H and O–H groups in total. The fourth-order valence-corrected chi connectivity index (χ4v) is 2.79. The van der Waals surface area contributed by atoms with Crippen molar-refractivity contribution in [3.05, 3.63) is 60.2 Å². The smallest absolute Gasteiger partial charge is 0.315 e. The SMILES string of the molecule is O=C(NCc1ccc(Cn2cncn2)cc1)NC[C@H]1CC=CCC1. The van der Waals surface area contributed by atoms with Crippen LogP contribution in [0.1, 0.15) is 30.4 Å². The lowest BCUT2D eigenvalue weighted by atomic mass is 9.94. The molecule has 0 bridgehead atoms. The number of carbonyl (C=O) groups excluding carboxylic acids is 1. The molecule has 126 valence electrons. The molecule has 0 spiro atoms. The summed E-state index contributed by atoms with van der Waals surface area (Å²) in [7, 11) is 0. The Bertz CT molecular complexity index is 663. The molecule has 1 aliphatic carbocycles. The van der Waals surface area contributed by atoms with Gasteiger partial charge in [-0.15, -0.1) is 0 Å². The number of nitrogens with one attached hydrogen (secondary N) is 2. The van der Waals surface area contributed by atoms with Crippen molar-refractivity contribution in [3.63, 3.8) is 0 Å². The summed E-state index contributed by atoms with van der Waals surface area (Å²) in [4.78, 5) is 15.8. The zero-order valence-electron chi connectivity index (χ0n) is 13.7. The van der Waals surface area contributed by atoms with Crippen LogP contribution in [0.5, 0.6) is 0 Å². The largest absolute Gasteiger partial charge is 0.338 e. The molecule has 6 nitrogen and oxygen atoms in total. The third kappa shape index (κ3) is 4.94. The summed E-state index contributed by atoms with van der Waals surface area (Å²) in [6, 6.07) is 8.05. The summed E-state index contributed by atoms with van der Waals surface area (Å²) in [5, 5.41) is 9.96. The van der Waals surface area contributed by atoms with Crippen molar-refractivity contribution in [3.8, 4) is 0 Å². The molecule has 0 unspecified atom stereocenters. The Balaban J connectivity index is 1.39. The van der Waals surface area contributed by atoms with E-state index in [9.17, 15) is 4.79 Å². The molecule has 1 aromatic heterocycles. The maximum absolute atomic E-state index is 11.9. The fraction of sp³-hybridized carbons (Fsp3) is 0.389. The first-order chi connectivity index (χ1) is 11.8. The molecular formula is C18H23N5O. The Kier molecular flexibility index (Phi) is 5.61. The number of urea groups is 1. The number of hydrogen-bond donors (Lipinski definition) is 2. The fourth-order valence-electron chi connectivity index (χ4n) is 2.79. The molecule has 1 atom stereocenters. The van der Waals surface area contributed by atoms with E-state index in [1.165, 1.54) is 6.33 Å². The maximum atomic E-state index is 11.9.